The van der Waals surface area contributed by atoms with Crippen LogP contribution in [0.4, 0.5) is 0 Å². The third kappa shape index (κ3) is 4.44. The molecule has 0 fully saturated rings. The van der Waals surface area contributed by atoms with Crippen LogP contribution in [0.2, 0.25) is 0 Å². The third-order valence-electron chi connectivity index (χ3n) is 2.99. The summed E-state index contributed by atoms with van der Waals surface area (Å²) < 4.78 is 0. The molecule has 1 heterocycles. The summed E-state index contributed by atoms with van der Waals surface area (Å²) in [7, 11) is 1.79. The Morgan fingerprint density at radius 1 is 1.21 bits per heavy atom. The van der Waals surface area contributed by atoms with Crippen molar-refractivity contribution < 1.29 is 0 Å². The number of benzene rings is 1. The summed E-state index contributed by atoms with van der Waals surface area (Å²) in [5.74, 6) is 0.798. The van der Waals surface area contributed by atoms with Crippen molar-refractivity contribution in [1.82, 2.24) is 25.5 Å². The van der Waals surface area contributed by atoms with E-state index in [1.807, 2.05) is 6.07 Å². The first kappa shape index (κ1) is 13.7. The van der Waals surface area contributed by atoms with Gasteiger partial charge in [0, 0.05) is 12.5 Å². The fraction of sp³-hybridized carbons (Fsp3) is 0.500. The SMILES string of the molecule is CCCNC(Cc1ccccc1)Cc1nnn(C)n1. The predicted molar refractivity (Wildman–Crippen MR) is 74.7 cm³/mol. The average molecular weight is 259 g/mol. The Kier molecular flexibility index (Phi) is 5.03. The standard InChI is InChI=1S/C14H21N5/c1-3-9-15-13(10-12-7-5-4-6-8-12)11-14-16-18-19(2)17-14/h4-8,13,15H,3,9-11H2,1-2H3. The van der Waals surface area contributed by atoms with Crippen molar-refractivity contribution >= 4 is 0 Å². The Morgan fingerprint density at radius 3 is 2.63 bits per heavy atom. The minimum Gasteiger partial charge on any atom is -0.313 e. The Hall–Kier alpha value is -1.75. The highest BCUT2D eigenvalue weighted by Gasteiger charge is 2.13. The van der Waals surface area contributed by atoms with E-state index in [-0.39, 0.29) is 0 Å². The minimum atomic E-state index is 0.353. The van der Waals surface area contributed by atoms with Crippen molar-refractivity contribution in [2.75, 3.05) is 6.54 Å². The number of rotatable bonds is 7. The van der Waals surface area contributed by atoms with Gasteiger partial charge >= 0.3 is 0 Å². The van der Waals surface area contributed by atoms with Gasteiger partial charge in [-0.25, -0.2) is 0 Å². The molecule has 0 spiro atoms. The van der Waals surface area contributed by atoms with Crippen molar-refractivity contribution in [3.63, 3.8) is 0 Å². The molecule has 0 saturated heterocycles. The molecular formula is C14H21N5. The monoisotopic (exact) mass is 259 g/mol. The molecule has 0 saturated carbocycles. The molecule has 1 aromatic heterocycles. The van der Waals surface area contributed by atoms with E-state index in [9.17, 15) is 0 Å². The van der Waals surface area contributed by atoms with Crippen LogP contribution < -0.4 is 5.32 Å². The maximum Gasteiger partial charge on any atom is 0.176 e. The molecule has 1 unspecified atom stereocenters. The lowest BCUT2D eigenvalue weighted by Crippen LogP contribution is -2.34. The molecule has 0 aliphatic carbocycles. The van der Waals surface area contributed by atoms with Crippen LogP contribution in [-0.4, -0.2) is 32.8 Å². The van der Waals surface area contributed by atoms with Crippen LogP contribution in [0.25, 0.3) is 0 Å². The fourth-order valence-corrected chi connectivity index (χ4v) is 2.09. The lowest BCUT2D eigenvalue weighted by molar-refractivity contribution is 0.494. The molecular weight excluding hydrogens is 238 g/mol. The van der Waals surface area contributed by atoms with Gasteiger partial charge in [-0.05, 0) is 30.2 Å². The van der Waals surface area contributed by atoms with Crippen molar-refractivity contribution in [3.8, 4) is 0 Å². The Labute approximate surface area is 114 Å². The number of hydrogen-bond donors (Lipinski definition) is 1. The van der Waals surface area contributed by atoms with Gasteiger partial charge in [0.15, 0.2) is 5.82 Å². The lowest BCUT2D eigenvalue weighted by atomic mass is 10.0. The molecule has 2 aromatic rings. The van der Waals surface area contributed by atoms with Gasteiger partial charge in [0.1, 0.15) is 0 Å². The first-order chi connectivity index (χ1) is 9.28. The Balaban J connectivity index is 1.99. The average Bonchev–Trinajstić information content (AvgIpc) is 2.82. The molecule has 1 N–H and O–H groups in total. The largest absolute Gasteiger partial charge is 0.313 e. The van der Waals surface area contributed by atoms with Crippen molar-refractivity contribution in [2.24, 2.45) is 7.05 Å². The van der Waals surface area contributed by atoms with E-state index in [0.29, 0.717) is 6.04 Å². The van der Waals surface area contributed by atoms with E-state index in [0.717, 1.165) is 31.6 Å². The van der Waals surface area contributed by atoms with E-state index in [4.69, 9.17) is 0 Å². The van der Waals surface area contributed by atoms with Gasteiger partial charge in [-0.15, -0.1) is 10.2 Å². The van der Waals surface area contributed by atoms with Gasteiger partial charge in [0.25, 0.3) is 0 Å². The van der Waals surface area contributed by atoms with Crippen LogP contribution in [0.5, 0.6) is 0 Å². The minimum absolute atomic E-state index is 0.353. The number of aromatic nitrogens is 4. The molecule has 102 valence electrons. The quantitative estimate of drug-likeness (QED) is 0.816. The van der Waals surface area contributed by atoms with Gasteiger partial charge < -0.3 is 5.32 Å². The van der Waals surface area contributed by atoms with Gasteiger partial charge in [0.05, 0.1) is 7.05 Å². The predicted octanol–water partition coefficient (Wildman–Crippen LogP) is 1.36. The highest BCUT2D eigenvalue weighted by Crippen LogP contribution is 2.06. The van der Waals surface area contributed by atoms with E-state index in [1.165, 1.54) is 10.4 Å². The molecule has 0 aliphatic heterocycles. The van der Waals surface area contributed by atoms with Crippen LogP contribution in [0, 0.1) is 0 Å². The highest BCUT2D eigenvalue weighted by atomic mass is 15.6. The molecule has 0 amide bonds. The number of hydrogen-bond acceptors (Lipinski definition) is 4. The van der Waals surface area contributed by atoms with Gasteiger partial charge in [-0.1, -0.05) is 37.3 Å². The van der Waals surface area contributed by atoms with Crippen molar-refractivity contribution in [2.45, 2.75) is 32.2 Å². The van der Waals surface area contributed by atoms with Crippen molar-refractivity contribution in [1.29, 1.82) is 0 Å². The topological polar surface area (TPSA) is 55.6 Å². The first-order valence-corrected chi connectivity index (χ1v) is 6.78. The number of nitrogens with one attached hydrogen (secondary N) is 1. The summed E-state index contributed by atoms with van der Waals surface area (Å²) >= 11 is 0. The molecule has 1 atom stereocenters. The molecule has 0 aliphatic rings. The van der Waals surface area contributed by atoms with Crippen LogP contribution in [0.3, 0.4) is 0 Å². The van der Waals surface area contributed by atoms with Crippen molar-refractivity contribution in [3.05, 3.63) is 41.7 Å². The second kappa shape index (κ2) is 6.99. The highest BCUT2D eigenvalue weighted by molar-refractivity contribution is 5.16. The number of nitrogens with zero attached hydrogens (tertiary/aromatic N) is 4. The maximum atomic E-state index is 4.25. The van der Waals surface area contributed by atoms with E-state index in [1.54, 1.807) is 7.05 Å². The van der Waals surface area contributed by atoms with Crippen LogP contribution in [0.15, 0.2) is 30.3 Å². The zero-order chi connectivity index (χ0) is 13.5. The van der Waals surface area contributed by atoms with Gasteiger partial charge in [-0.2, -0.15) is 4.80 Å². The molecule has 19 heavy (non-hydrogen) atoms. The number of aryl methyl sites for hydroxylation is 1. The molecule has 0 bridgehead atoms. The summed E-state index contributed by atoms with van der Waals surface area (Å²) in [5.41, 5.74) is 1.33. The molecule has 5 heteroatoms. The van der Waals surface area contributed by atoms with Crippen LogP contribution in [-0.2, 0) is 19.9 Å². The third-order valence-corrected chi connectivity index (χ3v) is 2.99. The maximum absolute atomic E-state index is 4.25. The summed E-state index contributed by atoms with van der Waals surface area (Å²) in [6.07, 6.45) is 2.92. The first-order valence-electron chi connectivity index (χ1n) is 6.78. The Morgan fingerprint density at radius 2 is 2.00 bits per heavy atom. The van der Waals surface area contributed by atoms with Crippen LogP contribution in [0.1, 0.15) is 24.7 Å². The molecule has 1 aromatic carbocycles. The van der Waals surface area contributed by atoms with E-state index < -0.39 is 0 Å². The summed E-state index contributed by atoms with van der Waals surface area (Å²) in [4.78, 5) is 1.51. The van der Waals surface area contributed by atoms with E-state index in [2.05, 4.69) is 51.9 Å². The van der Waals surface area contributed by atoms with E-state index >= 15 is 0 Å². The van der Waals surface area contributed by atoms with Gasteiger partial charge in [-0.3, -0.25) is 0 Å². The number of tetrazole rings is 1. The second-order valence-corrected chi connectivity index (χ2v) is 4.74. The normalized spacial score (nSPS) is 12.5. The van der Waals surface area contributed by atoms with Crippen LogP contribution >= 0.6 is 0 Å². The zero-order valence-corrected chi connectivity index (χ0v) is 11.6. The zero-order valence-electron chi connectivity index (χ0n) is 11.6. The second-order valence-electron chi connectivity index (χ2n) is 4.74. The summed E-state index contributed by atoms with van der Waals surface area (Å²) in [6.45, 7) is 3.19. The lowest BCUT2D eigenvalue weighted by Gasteiger charge is -2.16. The summed E-state index contributed by atoms with van der Waals surface area (Å²) in [6, 6.07) is 10.9. The molecule has 2 rings (SSSR count). The summed E-state index contributed by atoms with van der Waals surface area (Å²) in [5, 5.41) is 15.8. The molecule has 0 radical (unpaired) electrons. The fourth-order valence-electron chi connectivity index (χ4n) is 2.09. The molecule has 5 nitrogen and oxygen atoms in total. The smallest absolute Gasteiger partial charge is 0.176 e. The van der Waals surface area contributed by atoms with Gasteiger partial charge in [0.2, 0.25) is 0 Å². The Bertz CT molecular complexity index is 480.